The Morgan fingerprint density at radius 1 is 1.08 bits per heavy atom. The highest BCUT2D eigenvalue weighted by Gasteiger charge is 2.09. The zero-order chi connectivity index (χ0) is 9.84. The van der Waals surface area contributed by atoms with Gasteiger partial charge in [-0.2, -0.15) is 0 Å². The van der Waals surface area contributed by atoms with Crippen molar-refractivity contribution in [2.45, 2.75) is 4.58 Å². The molecule has 1 aromatic rings. The fourth-order valence-electron chi connectivity index (χ4n) is 1.06. The van der Waals surface area contributed by atoms with E-state index >= 15 is 0 Å². The highest BCUT2D eigenvalue weighted by molar-refractivity contribution is 8.15. The minimum atomic E-state index is -0.0651. The van der Waals surface area contributed by atoms with Crippen LogP contribution in [0.25, 0.3) is 0 Å². The van der Waals surface area contributed by atoms with Gasteiger partial charge in [0.25, 0.3) is 0 Å². The van der Waals surface area contributed by atoms with Crippen LogP contribution in [0.15, 0.2) is 18.2 Å². The molecule has 2 nitrogen and oxygen atoms in total. The first-order chi connectivity index (χ1) is 6.19. The third kappa shape index (κ3) is 2.48. The first-order valence-electron chi connectivity index (χ1n) is 3.76. The van der Waals surface area contributed by atoms with E-state index < -0.39 is 0 Å². The Kier molecular flexibility index (Phi) is 3.81. The van der Waals surface area contributed by atoms with Gasteiger partial charge in [-0.3, -0.25) is 0 Å². The molecule has 1 rings (SSSR count). The van der Waals surface area contributed by atoms with Gasteiger partial charge in [0.05, 0.1) is 4.58 Å². The minimum absolute atomic E-state index is 0.0504. The van der Waals surface area contributed by atoms with Crippen LogP contribution < -0.4 is 0 Å². The van der Waals surface area contributed by atoms with Gasteiger partial charge in [0.1, 0.15) is 0 Å². The van der Waals surface area contributed by atoms with Gasteiger partial charge >= 0.3 is 0 Å². The predicted molar refractivity (Wildman–Crippen MR) is 59.5 cm³/mol. The molecule has 0 heterocycles. The van der Waals surface area contributed by atoms with Crippen LogP contribution in [0.4, 0.5) is 0 Å². The van der Waals surface area contributed by atoms with E-state index in [0.29, 0.717) is 4.58 Å². The number of hydrogen-bond donors (Lipinski definition) is 2. The summed E-state index contributed by atoms with van der Waals surface area (Å²) in [5, 5.41) is 18.4. The molecule has 0 amide bonds. The van der Waals surface area contributed by atoms with Crippen molar-refractivity contribution < 1.29 is 10.2 Å². The van der Waals surface area contributed by atoms with Gasteiger partial charge in [-0.15, -0.1) is 23.5 Å². The Hall–Kier alpha value is -0.480. The molecule has 72 valence electrons. The number of aromatic hydroxyl groups is 2. The van der Waals surface area contributed by atoms with Crippen LogP contribution in [-0.4, -0.2) is 22.7 Å². The second kappa shape index (κ2) is 4.67. The van der Waals surface area contributed by atoms with Crippen molar-refractivity contribution >= 4 is 23.5 Å². The lowest BCUT2D eigenvalue weighted by atomic mass is 10.2. The smallest absolute Gasteiger partial charge is 0.157 e. The number of rotatable bonds is 3. The first kappa shape index (κ1) is 10.6. The number of thioether (sulfide) groups is 2. The topological polar surface area (TPSA) is 40.5 Å². The lowest BCUT2D eigenvalue weighted by molar-refractivity contribution is 0.403. The van der Waals surface area contributed by atoms with Crippen LogP contribution in [0.3, 0.4) is 0 Å². The summed E-state index contributed by atoms with van der Waals surface area (Å²) in [4.78, 5) is 0. The number of phenolic OH excluding ortho intramolecular Hbond substituents is 2. The third-order valence-electron chi connectivity index (χ3n) is 1.70. The Bertz CT molecular complexity index is 285. The monoisotopic (exact) mass is 216 g/mol. The van der Waals surface area contributed by atoms with Gasteiger partial charge in [0.2, 0.25) is 0 Å². The Morgan fingerprint density at radius 2 is 1.69 bits per heavy atom. The van der Waals surface area contributed by atoms with Gasteiger partial charge in [-0.1, -0.05) is 6.07 Å². The normalized spacial score (nSPS) is 10.7. The third-order valence-corrected chi connectivity index (χ3v) is 4.26. The zero-order valence-corrected chi connectivity index (χ0v) is 9.15. The molecule has 0 saturated heterocycles. The molecule has 2 N–H and O–H groups in total. The molecule has 0 saturated carbocycles. The van der Waals surface area contributed by atoms with Crippen LogP contribution in [0.1, 0.15) is 10.1 Å². The summed E-state index contributed by atoms with van der Waals surface area (Å²) in [5.74, 6) is -0.115. The molecule has 0 aliphatic heterocycles. The molecule has 0 spiro atoms. The van der Waals surface area contributed by atoms with Crippen LogP contribution in [0.2, 0.25) is 0 Å². The molecule has 0 aliphatic rings. The van der Waals surface area contributed by atoms with E-state index in [-0.39, 0.29) is 11.5 Å². The van der Waals surface area contributed by atoms with Crippen LogP contribution in [0, 0.1) is 0 Å². The van der Waals surface area contributed by atoms with Crippen LogP contribution in [0.5, 0.6) is 11.5 Å². The quantitative estimate of drug-likeness (QED) is 0.602. The van der Waals surface area contributed by atoms with Gasteiger partial charge in [-0.05, 0) is 30.2 Å². The molecule has 0 bridgehead atoms. The Balaban J connectivity index is 2.95. The van der Waals surface area contributed by atoms with Gasteiger partial charge < -0.3 is 10.2 Å². The standard InChI is InChI=1S/C9H12O2S2/c1-12-9(13-2)6-3-4-7(10)8(11)5-6/h3-5,9-11H,1-2H3. The van der Waals surface area contributed by atoms with Crippen molar-refractivity contribution in [1.82, 2.24) is 0 Å². The molecule has 13 heavy (non-hydrogen) atoms. The van der Waals surface area contributed by atoms with E-state index in [1.807, 2.05) is 18.6 Å². The van der Waals surface area contributed by atoms with Gasteiger partial charge in [0, 0.05) is 0 Å². The van der Waals surface area contributed by atoms with Gasteiger partial charge in [-0.25, -0.2) is 0 Å². The molecule has 0 aromatic heterocycles. The molecular formula is C9H12O2S2. The summed E-state index contributed by atoms with van der Waals surface area (Å²) in [5.41, 5.74) is 1.02. The van der Waals surface area contributed by atoms with E-state index in [0.717, 1.165) is 5.56 Å². The minimum Gasteiger partial charge on any atom is -0.504 e. The number of hydrogen-bond acceptors (Lipinski definition) is 4. The van der Waals surface area contributed by atoms with Crippen molar-refractivity contribution in [3.05, 3.63) is 23.8 Å². The summed E-state index contributed by atoms with van der Waals surface area (Å²) >= 11 is 3.42. The average Bonchev–Trinajstić information content (AvgIpc) is 2.13. The Labute approximate surface area is 86.4 Å². The van der Waals surface area contributed by atoms with Crippen LogP contribution >= 0.6 is 23.5 Å². The second-order valence-electron chi connectivity index (χ2n) is 2.55. The summed E-state index contributed by atoms with van der Waals surface area (Å²) in [6.07, 6.45) is 4.04. The summed E-state index contributed by atoms with van der Waals surface area (Å²) in [6.45, 7) is 0. The summed E-state index contributed by atoms with van der Waals surface area (Å²) in [7, 11) is 0. The van der Waals surface area contributed by atoms with Crippen molar-refractivity contribution in [2.75, 3.05) is 12.5 Å². The maximum Gasteiger partial charge on any atom is 0.157 e. The fraction of sp³-hybridized carbons (Fsp3) is 0.333. The number of phenols is 2. The van der Waals surface area contributed by atoms with Crippen molar-refractivity contribution in [3.63, 3.8) is 0 Å². The SMILES string of the molecule is CSC(SC)c1ccc(O)c(O)c1. The Morgan fingerprint density at radius 3 is 2.15 bits per heavy atom. The van der Waals surface area contributed by atoms with Crippen molar-refractivity contribution in [1.29, 1.82) is 0 Å². The molecule has 0 aliphatic carbocycles. The lowest BCUT2D eigenvalue weighted by Crippen LogP contribution is -1.86. The zero-order valence-electron chi connectivity index (χ0n) is 7.52. The molecular weight excluding hydrogens is 204 g/mol. The van der Waals surface area contributed by atoms with E-state index in [4.69, 9.17) is 5.11 Å². The van der Waals surface area contributed by atoms with E-state index in [2.05, 4.69) is 0 Å². The van der Waals surface area contributed by atoms with Gasteiger partial charge in [0.15, 0.2) is 11.5 Å². The maximum atomic E-state index is 9.27. The maximum absolute atomic E-state index is 9.27. The fourth-order valence-corrected chi connectivity index (χ4v) is 2.66. The molecule has 0 fully saturated rings. The second-order valence-corrected chi connectivity index (χ2v) is 4.74. The summed E-state index contributed by atoms with van der Waals surface area (Å²) in [6, 6.07) is 4.95. The van der Waals surface area contributed by atoms with Crippen LogP contribution in [-0.2, 0) is 0 Å². The molecule has 0 atom stereocenters. The highest BCUT2D eigenvalue weighted by Crippen LogP contribution is 2.39. The lowest BCUT2D eigenvalue weighted by Gasteiger charge is -2.12. The van der Waals surface area contributed by atoms with E-state index in [1.54, 1.807) is 29.6 Å². The first-order valence-corrected chi connectivity index (χ1v) is 6.34. The average molecular weight is 216 g/mol. The number of benzene rings is 1. The van der Waals surface area contributed by atoms with E-state index in [1.165, 1.54) is 6.07 Å². The van der Waals surface area contributed by atoms with E-state index in [9.17, 15) is 5.11 Å². The molecule has 1 aromatic carbocycles. The highest BCUT2D eigenvalue weighted by atomic mass is 32.2. The largest absolute Gasteiger partial charge is 0.504 e. The van der Waals surface area contributed by atoms with Crippen molar-refractivity contribution in [2.24, 2.45) is 0 Å². The van der Waals surface area contributed by atoms with Crippen molar-refractivity contribution in [3.8, 4) is 11.5 Å². The molecule has 0 unspecified atom stereocenters. The molecule has 4 heteroatoms. The summed E-state index contributed by atoms with van der Waals surface area (Å²) < 4.78 is 0.312. The predicted octanol–water partition coefficient (Wildman–Crippen LogP) is 2.82. The molecule has 0 radical (unpaired) electrons.